The molecule has 0 radical (unpaired) electrons. The van der Waals surface area contributed by atoms with Gasteiger partial charge in [-0.1, -0.05) is 12.5 Å². The second-order valence-corrected chi connectivity index (χ2v) is 8.33. The van der Waals surface area contributed by atoms with Crippen LogP contribution >= 0.6 is 0 Å². The summed E-state index contributed by atoms with van der Waals surface area (Å²) in [5.41, 5.74) is 1.68. The topological polar surface area (TPSA) is 109 Å². The molecule has 4 atom stereocenters. The van der Waals surface area contributed by atoms with E-state index in [0.717, 1.165) is 24.6 Å². The lowest BCUT2D eigenvalue weighted by molar-refractivity contribution is 0.00652. The Morgan fingerprint density at radius 2 is 2.09 bits per heavy atom. The van der Waals surface area contributed by atoms with Crippen LogP contribution in [0.25, 0.3) is 22.2 Å². The maximum atomic E-state index is 14.8. The maximum absolute atomic E-state index is 14.8. The van der Waals surface area contributed by atoms with Crippen LogP contribution in [0.5, 0.6) is 11.6 Å². The molecule has 0 aliphatic carbocycles. The first-order valence-corrected chi connectivity index (χ1v) is 10.8. The van der Waals surface area contributed by atoms with Crippen molar-refractivity contribution in [1.29, 1.82) is 0 Å². The van der Waals surface area contributed by atoms with E-state index >= 15 is 0 Å². The van der Waals surface area contributed by atoms with Crippen molar-refractivity contribution in [2.45, 2.75) is 50.0 Å². The van der Waals surface area contributed by atoms with Crippen molar-refractivity contribution in [3.8, 4) is 22.9 Å². The number of rotatable bonds is 4. The summed E-state index contributed by atoms with van der Waals surface area (Å²) in [6, 6.07) is 10.1. The fourth-order valence-electron chi connectivity index (χ4n) is 4.57. The van der Waals surface area contributed by atoms with Gasteiger partial charge in [-0.05, 0) is 31.0 Å². The first-order valence-electron chi connectivity index (χ1n) is 10.8. The Morgan fingerprint density at radius 1 is 1.22 bits per heavy atom. The Hall–Kier alpha value is -3.33. The van der Waals surface area contributed by atoms with Crippen molar-refractivity contribution in [2.75, 3.05) is 7.05 Å². The number of aromatic nitrogens is 3. The number of halogens is 1. The van der Waals surface area contributed by atoms with Gasteiger partial charge in [0.15, 0.2) is 6.17 Å². The summed E-state index contributed by atoms with van der Waals surface area (Å²) < 4.78 is 20.6. The minimum absolute atomic E-state index is 0.0305. The second-order valence-electron chi connectivity index (χ2n) is 8.33. The number of piperidine rings is 2. The number of hydrogen-bond donors (Lipinski definition) is 3. The largest absolute Gasteiger partial charge is 0.507 e. The number of amides is 1. The fraction of sp³-hybridized carbons (Fsp3) is 0.391. The highest BCUT2D eigenvalue weighted by molar-refractivity contribution is 5.96. The molecule has 5 rings (SSSR count). The number of carbonyl (C=O) groups is 1. The number of fused-ring (bicyclic) bond motifs is 3. The summed E-state index contributed by atoms with van der Waals surface area (Å²) in [6.07, 6.45) is 1.89. The van der Waals surface area contributed by atoms with Gasteiger partial charge in [0.2, 0.25) is 5.88 Å². The van der Waals surface area contributed by atoms with Gasteiger partial charge in [-0.15, -0.1) is 10.2 Å². The standard InChI is InChI=1S/C23H24FN5O3/c1-25-23(31)17-6-5-12-9-14(19(30)11-18(12)27-17)15-7-8-21(29-28-15)32-20-10-13-3-2-4-16(26-13)22(20)24/h5-9,11,13,16,20,22,26,30H,2-4,10H2,1H3,(H,25,31)/t13-,16+,20-,22+/m1/s1. The van der Waals surface area contributed by atoms with Crippen molar-refractivity contribution in [3.05, 3.63) is 42.1 Å². The van der Waals surface area contributed by atoms with Crippen molar-refractivity contribution in [3.63, 3.8) is 0 Å². The summed E-state index contributed by atoms with van der Waals surface area (Å²) in [5.74, 6) is -0.0691. The molecule has 2 aromatic heterocycles. The third kappa shape index (κ3) is 3.84. The van der Waals surface area contributed by atoms with Crippen molar-refractivity contribution in [1.82, 2.24) is 25.8 Å². The number of pyridine rings is 1. The first kappa shape index (κ1) is 20.6. The molecule has 0 unspecified atom stereocenters. The number of nitrogens with zero attached hydrogens (tertiary/aromatic N) is 3. The molecule has 1 amide bonds. The number of ether oxygens (including phenoxy) is 1. The Kier molecular flexibility index (Phi) is 5.34. The molecule has 3 aromatic rings. The van der Waals surface area contributed by atoms with E-state index in [2.05, 4.69) is 25.8 Å². The van der Waals surface area contributed by atoms with Gasteiger partial charge in [0.05, 0.1) is 11.2 Å². The number of aromatic hydroxyl groups is 1. The minimum Gasteiger partial charge on any atom is -0.507 e. The smallest absolute Gasteiger partial charge is 0.269 e. The number of nitrogens with one attached hydrogen (secondary N) is 2. The highest BCUT2D eigenvalue weighted by Gasteiger charge is 2.41. The molecule has 2 aliphatic heterocycles. The van der Waals surface area contributed by atoms with Gasteiger partial charge in [-0.3, -0.25) is 4.79 Å². The average Bonchev–Trinajstić information content (AvgIpc) is 2.82. The molecule has 9 heteroatoms. The van der Waals surface area contributed by atoms with Gasteiger partial charge in [0, 0.05) is 48.6 Å². The number of benzene rings is 1. The van der Waals surface area contributed by atoms with Gasteiger partial charge >= 0.3 is 0 Å². The van der Waals surface area contributed by atoms with Gasteiger partial charge < -0.3 is 20.5 Å². The monoisotopic (exact) mass is 437 g/mol. The van der Waals surface area contributed by atoms with E-state index in [0.29, 0.717) is 23.2 Å². The predicted octanol–water partition coefficient (Wildman–Crippen LogP) is 2.76. The number of phenolic OH excluding ortho intramolecular Hbond substituents is 1. The maximum Gasteiger partial charge on any atom is 0.269 e. The van der Waals surface area contributed by atoms with Crippen LogP contribution in [0.4, 0.5) is 4.39 Å². The molecule has 0 saturated carbocycles. The molecule has 8 nitrogen and oxygen atoms in total. The average molecular weight is 437 g/mol. The van der Waals surface area contributed by atoms with Crippen molar-refractivity contribution in [2.24, 2.45) is 0 Å². The van der Waals surface area contributed by atoms with Gasteiger partial charge in [-0.25, -0.2) is 9.37 Å². The normalized spacial score (nSPS) is 24.8. The van der Waals surface area contributed by atoms with Crippen LogP contribution in [0.1, 0.15) is 36.2 Å². The molecule has 2 saturated heterocycles. The van der Waals surface area contributed by atoms with E-state index < -0.39 is 12.3 Å². The van der Waals surface area contributed by atoms with Crippen LogP contribution in [0.15, 0.2) is 36.4 Å². The van der Waals surface area contributed by atoms with Gasteiger partial charge in [-0.2, -0.15) is 0 Å². The molecule has 2 bridgehead atoms. The van der Waals surface area contributed by atoms with Crippen LogP contribution in [0, 0.1) is 0 Å². The number of phenols is 1. The van der Waals surface area contributed by atoms with Crippen LogP contribution in [0.2, 0.25) is 0 Å². The summed E-state index contributed by atoms with van der Waals surface area (Å²) in [7, 11) is 1.53. The fourth-order valence-corrected chi connectivity index (χ4v) is 4.57. The third-order valence-corrected chi connectivity index (χ3v) is 6.23. The summed E-state index contributed by atoms with van der Waals surface area (Å²) >= 11 is 0. The highest BCUT2D eigenvalue weighted by atomic mass is 19.1. The zero-order valence-electron chi connectivity index (χ0n) is 17.6. The van der Waals surface area contributed by atoms with Gasteiger partial charge in [0.25, 0.3) is 5.91 Å². The van der Waals surface area contributed by atoms with Crippen LogP contribution in [-0.4, -0.2) is 57.6 Å². The summed E-state index contributed by atoms with van der Waals surface area (Å²) in [4.78, 5) is 16.1. The van der Waals surface area contributed by atoms with E-state index in [1.165, 1.54) is 13.1 Å². The first-order chi connectivity index (χ1) is 15.5. The zero-order valence-corrected chi connectivity index (χ0v) is 17.6. The quantitative estimate of drug-likeness (QED) is 0.576. The van der Waals surface area contributed by atoms with Gasteiger partial charge in [0.1, 0.15) is 17.5 Å². The van der Waals surface area contributed by atoms with Crippen LogP contribution in [-0.2, 0) is 0 Å². The molecule has 2 fully saturated rings. The lowest BCUT2D eigenvalue weighted by Gasteiger charge is -2.42. The van der Waals surface area contributed by atoms with E-state index in [4.69, 9.17) is 4.74 Å². The highest BCUT2D eigenvalue weighted by Crippen LogP contribution is 2.33. The lowest BCUT2D eigenvalue weighted by Crippen LogP contribution is -2.59. The lowest BCUT2D eigenvalue weighted by atomic mass is 9.84. The molecule has 166 valence electrons. The van der Waals surface area contributed by atoms with Crippen LogP contribution in [0.3, 0.4) is 0 Å². The van der Waals surface area contributed by atoms with Crippen molar-refractivity contribution >= 4 is 16.8 Å². The Bertz CT molecular complexity index is 1160. The Morgan fingerprint density at radius 3 is 2.88 bits per heavy atom. The van der Waals surface area contributed by atoms with E-state index in [9.17, 15) is 14.3 Å². The third-order valence-electron chi connectivity index (χ3n) is 6.23. The molecular formula is C23H24FN5O3. The summed E-state index contributed by atoms with van der Waals surface area (Å²) in [6.45, 7) is 0. The number of hydrogen-bond acceptors (Lipinski definition) is 7. The zero-order chi connectivity index (χ0) is 22.2. The SMILES string of the molecule is CNC(=O)c1ccc2cc(-c3ccc(O[C@@H]4C[C@H]5CCC[C@H](N5)[C@@H]4F)nn3)c(O)cc2n1. The molecule has 4 heterocycles. The molecule has 32 heavy (non-hydrogen) atoms. The Labute approximate surface area is 184 Å². The molecule has 1 aromatic carbocycles. The number of alkyl halides is 1. The van der Waals surface area contributed by atoms with Crippen LogP contribution < -0.4 is 15.4 Å². The molecule has 3 N–H and O–H groups in total. The van der Waals surface area contributed by atoms with E-state index in [1.807, 2.05) is 0 Å². The molecule has 2 aliphatic rings. The summed E-state index contributed by atoms with van der Waals surface area (Å²) in [5, 5.41) is 25.4. The van der Waals surface area contributed by atoms with E-state index in [1.54, 1.807) is 30.3 Å². The Balaban J connectivity index is 1.36. The number of carbonyl (C=O) groups excluding carboxylic acids is 1. The van der Waals surface area contributed by atoms with E-state index in [-0.39, 0.29) is 35.3 Å². The molecular weight excluding hydrogens is 413 g/mol. The predicted molar refractivity (Wildman–Crippen MR) is 116 cm³/mol. The minimum atomic E-state index is -1.08. The van der Waals surface area contributed by atoms with Crippen molar-refractivity contribution < 1.29 is 19.0 Å². The second kappa shape index (κ2) is 8.31. The molecule has 0 spiro atoms.